The Labute approximate surface area is 117 Å². The van der Waals surface area contributed by atoms with Gasteiger partial charge in [-0.05, 0) is 18.6 Å². The third kappa shape index (κ3) is 4.63. The number of esters is 1. The molecule has 0 radical (unpaired) electrons. The molecule has 1 rings (SSSR count). The molecule has 0 saturated heterocycles. The van der Waals surface area contributed by atoms with Gasteiger partial charge in [-0.25, -0.2) is 0 Å². The first-order chi connectivity index (χ1) is 9.26. The van der Waals surface area contributed by atoms with Crippen LogP contribution >= 0.6 is 11.6 Å². The predicted octanol–water partition coefficient (Wildman–Crippen LogP) is 3.22. The molecule has 0 aliphatic rings. The molecule has 20 heavy (non-hydrogen) atoms. The fraction of sp³-hybridized carbons (Fsp3) is 0.333. The van der Waals surface area contributed by atoms with E-state index in [0.717, 1.165) is 6.07 Å². The van der Waals surface area contributed by atoms with Crippen LogP contribution in [0.4, 0.5) is 13.2 Å². The Morgan fingerprint density at radius 1 is 1.45 bits per heavy atom. The zero-order chi connectivity index (χ0) is 15.3. The summed E-state index contributed by atoms with van der Waals surface area (Å²) in [6.07, 6.45) is -5.33. The number of carbonyl (C=O) groups is 1. The molecule has 0 spiro atoms. The van der Waals surface area contributed by atoms with Gasteiger partial charge in [-0.2, -0.15) is 5.26 Å². The quantitative estimate of drug-likeness (QED) is 0.801. The summed E-state index contributed by atoms with van der Waals surface area (Å²) in [4.78, 5) is 11.4. The molecule has 0 aromatic heterocycles. The SMILES string of the molecule is CCOC(=O)Cc1cc(Cl)cc(OC(F)(F)F)c1C#N. The fourth-order valence-corrected chi connectivity index (χ4v) is 1.71. The minimum Gasteiger partial charge on any atom is -0.466 e. The van der Waals surface area contributed by atoms with Gasteiger partial charge in [-0.15, -0.1) is 13.2 Å². The van der Waals surface area contributed by atoms with Crippen molar-refractivity contribution in [1.29, 1.82) is 5.26 Å². The van der Waals surface area contributed by atoms with Gasteiger partial charge in [0.1, 0.15) is 11.8 Å². The number of halogens is 4. The molecule has 0 saturated carbocycles. The molecule has 0 aliphatic heterocycles. The number of hydrogen-bond donors (Lipinski definition) is 0. The van der Waals surface area contributed by atoms with Crippen molar-refractivity contribution in [2.24, 2.45) is 0 Å². The van der Waals surface area contributed by atoms with E-state index < -0.39 is 23.6 Å². The van der Waals surface area contributed by atoms with Crippen molar-refractivity contribution in [2.45, 2.75) is 19.7 Å². The van der Waals surface area contributed by atoms with Gasteiger partial charge >= 0.3 is 12.3 Å². The molecule has 4 nitrogen and oxygen atoms in total. The molecule has 0 unspecified atom stereocenters. The predicted molar refractivity (Wildman–Crippen MR) is 63.2 cm³/mol. The van der Waals surface area contributed by atoms with Crippen LogP contribution in [-0.2, 0) is 16.0 Å². The standard InChI is InChI=1S/C12H9ClF3NO3/c1-2-19-11(18)4-7-3-8(13)5-10(9(7)6-17)20-12(14,15)16/h3,5H,2,4H2,1H3. The lowest BCUT2D eigenvalue weighted by molar-refractivity contribution is -0.274. The third-order valence-corrected chi connectivity index (χ3v) is 2.34. The van der Waals surface area contributed by atoms with E-state index in [1.807, 2.05) is 0 Å². The van der Waals surface area contributed by atoms with Gasteiger partial charge in [0, 0.05) is 11.1 Å². The van der Waals surface area contributed by atoms with Crippen molar-refractivity contribution >= 4 is 17.6 Å². The van der Waals surface area contributed by atoms with E-state index in [0.29, 0.717) is 0 Å². The summed E-state index contributed by atoms with van der Waals surface area (Å²) in [6, 6.07) is 3.66. The Balaban J connectivity index is 3.18. The van der Waals surface area contributed by atoms with Crippen molar-refractivity contribution in [3.63, 3.8) is 0 Å². The van der Waals surface area contributed by atoms with Gasteiger partial charge in [0.05, 0.1) is 18.6 Å². The summed E-state index contributed by atoms with van der Waals surface area (Å²) in [5.41, 5.74) is -0.391. The zero-order valence-electron chi connectivity index (χ0n) is 10.3. The van der Waals surface area contributed by atoms with Gasteiger partial charge in [0.2, 0.25) is 0 Å². The van der Waals surface area contributed by atoms with Gasteiger partial charge < -0.3 is 9.47 Å². The average Bonchev–Trinajstić information content (AvgIpc) is 2.26. The van der Waals surface area contributed by atoms with Gasteiger partial charge in [-0.3, -0.25) is 4.79 Å². The molecule has 0 bridgehead atoms. The summed E-state index contributed by atoms with van der Waals surface area (Å²) < 4.78 is 45.1. The van der Waals surface area contributed by atoms with Crippen molar-refractivity contribution in [1.82, 2.24) is 0 Å². The van der Waals surface area contributed by atoms with E-state index >= 15 is 0 Å². The maximum Gasteiger partial charge on any atom is 0.573 e. The first-order valence-electron chi connectivity index (χ1n) is 5.40. The summed E-state index contributed by atoms with van der Waals surface area (Å²) >= 11 is 5.66. The lowest BCUT2D eigenvalue weighted by atomic mass is 10.0. The zero-order valence-corrected chi connectivity index (χ0v) is 11.0. The third-order valence-electron chi connectivity index (χ3n) is 2.13. The van der Waals surface area contributed by atoms with Gasteiger partial charge in [0.15, 0.2) is 0 Å². The smallest absolute Gasteiger partial charge is 0.466 e. The topological polar surface area (TPSA) is 59.3 Å². The van der Waals surface area contributed by atoms with E-state index in [1.165, 1.54) is 6.07 Å². The van der Waals surface area contributed by atoms with E-state index in [-0.39, 0.29) is 23.6 Å². The van der Waals surface area contributed by atoms with Crippen LogP contribution in [0, 0.1) is 11.3 Å². The molecular formula is C12H9ClF3NO3. The summed E-state index contributed by atoms with van der Waals surface area (Å²) in [5.74, 6) is -1.42. The highest BCUT2D eigenvalue weighted by molar-refractivity contribution is 6.30. The first kappa shape index (κ1) is 16.1. The number of nitrogens with zero attached hydrogens (tertiary/aromatic N) is 1. The highest BCUT2D eigenvalue weighted by Crippen LogP contribution is 2.31. The highest BCUT2D eigenvalue weighted by atomic mass is 35.5. The molecule has 0 fully saturated rings. The minimum atomic E-state index is -4.96. The Bertz CT molecular complexity index is 552. The average molecular weight is 308 g/mol. The molecule has 0 heterocycles. The maximum atomic E-state index is 12.2. The highest BCUT2D eigenvalue weighted by Gasteiger charge is 2.33. The molecule has 1 aromatic rings. The van der Waals surface area contributed by atoms with Crippen molar-refractivity contribution < 1.29 is 27.4 Å². The lowest BCUT2D eigenvalue weighted by Crippen LogP contribution is -2.18. The number of nitriles is 1. The molecule has 108 valence electrons. The summed E-state index contributed by atoms with van der Waals surface area (Å²) in [7, 11) is 0. The number of benzene rings is 1. The lowest BCUT2D eigenvalue weighted by Gasteiger charge is -2.13. The van der Waals surface area contributed by atoms with Crippen molar-refractivity contribution in [3.8, 4) is 11.8 Å². The second-order valence-electron chi connectivity index (χ2n) is 3.58. The Hall–Kier alpha value is -1.94. The Kier molecular flexibility index (Phi) is 5.22. The van der Waals surface area contributed by atoms with Gasteiger partial charge in [-0.1, -0.05) is 11.6 Å². The van der Waals surface area contributed by atoms with Crippen LogP contribution in [-0.4, -0.2) is 18.9 Å². The molecule has 0 N–H and O–H groups in total. The minimum absolute atomic E-state index is 0.0118. The van der Waals surface area contributed by atoms with E-state index in [4.69, 9.17) is 16.9 Å². The first-order valence-corrected chi connectivity index (χ1v) is 5.78. The number of carbonyl (C=O) groups excluding carboxylic acids is 1. The Morgan fingerprint density at radius 2 is 2.10 bits per heavy atom. The number of hydrogen-bond acceptors (Lipinski definition) is 4. The second-order valence-corrected chi connectivity index (χ2v) is 4.02. The van der Waals surface area contributed by atoms with E-state index in [9.17, 15) is 18.0 Å². The van der Waals surface area contributed by atoms with Crippen LogP contribution in [0.3, 0.4) is 0 Å². The molecule has 8 heteroatoms. The monoisotopic (exact) mass is 307 g/mol. The van der Waals surface area contributed by atoms with Crippen LogP contribution in [0.1, 0.15) is 18.1 Å². The van der Waals surface area contributed by atoms with Crippen molar-refractivity contribution in [3.05, 3.63) is 28.3 Å². The van der Waals surface area contributed by atoms with Crippen LogP contribution in [0.15, 0.2) is 12.1 Å². The molecule has 0 amide bonds. The fourth-order valence-electron chi connectivity index (χ4n) is 1.47. The maximum absolute atomic E-state index is 12.2. The van der Waals surface area contributed by atoms with Crippen LogP contribution in [0.2, 0.25) is 5.02 Å². The molecule has 1 aromatic carbocycles. The van der Waals surface area contributed by atoms with Crippen LogP contribution in [0.25, 0.3) is 0 Å². The number of alkyl halides is 3. The van der Waals surface area contributed by atoms with E-state index in [2.05, 4.69) is 9.47 Å². The normalized spacial score (nSPS) is 10.8. The Morgan fingerprint density at radius 3 is 2.60 bits per heavy atom. The van der Waals surface area contributed by atoms with Crippen LogP contribution in [0.5, 0.6) is 5.75 Å². The number of ether oxygens (including phenoxy) is 2. The molecular weight excluding hydrogens is 299 g/mol. The molecule has 0 aliphatic carbocycles. The van der Waals surface area contributed by atoms with Gasteiger partial charge in [0.25, 0.3) is 0 Å². The second kappa shape index (κ2) is 6.48. The van der Waals surface area contributed by atoms with Crippen LogP contribution < -0.4 is 4.74 Å². The summed E-state index contributed by atoms with van der Waals surface area (Å²) in [5, 5.41) is 8.86. The largest absolute Gasteiger partial charge is 0.573 e. The van der Waals surface area contributed by atoms with Crippen molar-refractivity contribution in [2.75, 3.05) is 6.61 Å². The van der Waals surface area contributed by atoms with E-state index in [1.54, 1.807) is 13.0 Å². The number of rotatable bonds is 4. The summed E-state index contributed by atoms with van der Waals surface area (Å²) in [6.45, 7) is 1.70. The molecule has 0 atom stereocenters.